The van der Waals surface area contributed by atoms with Gasteiger partial charge in [-0.3, -0.25) is 0 Å². The molecule has 4 aromatic carbocycles. The molecular formula is C33H27BrFO3S+. The highest BCUT2D eigenvalue weighted by molar-refractivity contribution is 9.10. The monoisotopic (exact) mass is 601 g/mol. The molecule has 3 nitrogen and oxygen atoms in total. The summed E-state index contributed by atoms with van der Waals surface area (Å²) in [5.41, 5.74) is 1.54. The minimum absolute atomic E-state index is 0.227. The summed E-state index contributed by atoms with van der Waals surface area (Å²) in [6.45, 7) is 7.20. The molecule has 196 valence electrons. The summed E-state index contributed by atoms with van der Waals surface area (Å²) < 4.78 is 28.3. The number of carbonyl (C=O) groups is 1. The van der Waals surface area contributed by atoms with Crippen molar-refractivity contribution in [2.45, 2.75) is 33.3 Å². The van der Waals surface area contributed by atoms with Crippen molar-refractivity contribution in [3.8, 4) is 22.5 Å². The van der Waals surface area contributed by atoms with Gasteiger partial charge in [0.25, 0.3) is 0 Å². The van der Waals surface area contributed by atoms with Gasteiger partial charge in [-0.25, -0.2) is 9.18 Å². The van der Waals surface area contributed by atoms with Crippen molar-refractivity contribution in [3.63, 3.8) is 0 Å². The summed E-state index contributed by atoms with van der Waals surface area (Å²) in [7, 11) is -0.227. The molecule has 0 aliphatic carbocycles. The molecular weight excluding hydrogens is 575 g/mol. The number of hydrogen-bond donors (Lipinski definition) is 0. The SMILES string of the molecule is Cc1cc(-[s+]2c3ccccc3c3cc(Br)ccc32)cc(C)c1OCC(=O)OC(C)(C)C#Cc1ccc(F)cc1. The number of ether oxygens (including phenoxy) is 2. The Labute approximate surface area is 238 Å². The first kappa shape index (κ1) is 26.9. The summed E-state index contributed by atoms with van der Waals surface area (Å²) in [6, 6.07) is 25.2. The molecule has 1 heterocycles. The number of hydrogen-bond acceptors (Lipinski definition) is 3. The summed E-state index contributed by atoms with van der Waals surface area (Å²) >= 11 is 3.62. The molecule has 0 bridgehead atoms. The average Bonchev–Trinajstić information content (AvgIpc) is 3.21. The molecule has 0 N–H and O–H groups in total. The molecule has 0 saturated heterocycles. The van der Waals surface area contributed by atoms with E-state index in [-0.39, 0.29) is 22.9 Å². The Balaban J connectivity index is 1.35. The number of carbonyl (C=O) groups excluding carboxylic acids is 1. The van der Waals surface area contributed by atoms with Gasteiger partial charge in [0.05, 0.1) is 0 Å². The maximum absolute atomic E-state index is 13.1. The zero-order valence-corrected chi connectivity index (χ0v) is 24.5. The Kier molecular flexibility index (Phi) is 7.48. The van der Waals surface area contributed by atoms with Crippen molar-refractivity contribution in [3.05, 3.63) is 106 Å². The molecule has 0 radical (unpaired) electrons. The Hall–Kier alpha value is -3.66. The van der Waals surface area contributed by atoms with E-state index in [1.165, 1.54) is 37.2 Å². The molecule has 0 amide bonds. The van der Waals surface area contributed by atoms with Gasteiger partial charge in [0.1, 0.15) is 11.6 Å². The van der Waals surface area contributed by atoms with E-state index in [0.717, 1.165) is 15.6 Å². The second kappa shape index (κ2) is 10.8. The quantitative estimate of drug-likeness (QED) is 0.114. The van der Waals surface area contributed by atoms with E-state index >= 15 is 0 Å². The largest absolute Gasteiger partial charge is 0.481 e. The maximum atomic E-state index is 13.1. The molecule has 0 saturated carbocycles. The number of esters is 1. The van der Waals surface area contributed by atoms with E-state index in [0.29, 0.717) is 11.3 Å². The molecule has 0 fully saturated rings. The molecule has 39 heavy (non-hydrogen) atoms. The van der Waals surface area contributed by atoms with Gasteiger partial charge < -0.3 is 9.47 Å². The van der Waals surface area contributed by atoms with Gasteiger partial charge in [-0.2, -0.15) is 0 Å². The predicted octanol–water partition coefficient (Wildman–Crippen LogP) is 9.00. The van der Waals surface area contributed by atoms with Crippen LogP contribution in [0, 0.1) is 31.5 Å². The van der Waals surface area contributed by atoms with Crippen LogP contribution in [-0.4, -0.2) is 18.2 Å². The highest BCUT2D eigenvalue weighted by Gasteiger charge is 2.26. The minimum atomic E-state index is -1.03. The first-order chi connectivity index (χ1) is 18.6. The number of rotatable bonds is 5. The lowest BCUT2D eigenvalue weighted by atomic mass is 10.1. The van der Waals surface area contributed by atoms with Crippen LogP contribution in [0.25, 0.3) is 25.1 Å². The number of fused-ring (bicyclic) bond motifs is 3. The van der Waals surface area contributed by atoms with Crippen molar-refractivity contribution in [1.29, 1.82) is 0 Å². The Bertz CT molecular complexity index is 1750. The highest BCUT2D eigenvalue weighted by Crippen LogP contribution is 2.50. The molecule has 5 aromatic rings. The van der Waals surface area contributed by atoms with Crippen LogP contribution in [-0.2, 0) is 9.53 Å². The fourth-order valence-corrected chi connectivity index (χ4v) is 7.51. The number of aryl methyl sites for hydroxylation is 2. The molecule has 0 spiro atoms. The lowest BCUT2D eigenvalue weighted by molar-refractivity contribution is -0.154. The summed E-state index contributed by atoms with van der Waals surface area (Å²) in [5, 5.41) is 2.52. The van der Waals surface area contributed by atoms with Gasteiger partial charge in [0, 0.05) is 49.5 Å². The van der Waals surface area contributed by atoms with E-state index in [2.05, 4.69) is 82.4 Å². The topological polar surface area (TPSA) is 35.5 Å². The van der Waals surface area contributed by atoms with Gasteiger partial charge in [-0.15, -0.1) is 0 Å². The van der Waals surface area contributed by atoms with Crippen LogP contribution < -0.4 is 4.74 Å². The van der Waals surface area contributed by atoms with Crippen LogP contribution in [0.4, 0.5) is 4.39 Å². The molecule has 6 heteroatoms. The molecule has 1 aromatic heterocycles. The second-order valence-electron chi connectivity index (χ2n) is 9.86. The summed E-state index contributed by atoms with van der Waals surface area (Å²) in [4.78, 5) is 13.8. The molecule has 5 rings (SSSR count). The third kappa shape index (κ3) is 5.85. The van der Waals surface area contributed by atoms with Gasteiger partial charge in [0.15, 0.2) is 26.5 Å². The van der Waals surface area contributed by atoms with E-state index in [9.17, 15) is 9.18 Å². The van der Waals surface area contributed by atoms with Crippen LogP contribution in [0.3, 0.4) is 0 Å². The van der Waals surface area contributed by atoms with Crippen LogP contribution >= 0.6 is 26.4 Å². The van der Waals surface area contributed by atoms with Gasteiger partial charge >= 0.3 is 5.97 Å². The Morgan fingerprint density at radius 3 is 2.31 bits per heavy atom. The molecule has 1 atom stereocenters. The van der Waals surface area contributed by atoms with Crippen LogP contribution in [0.2, 0.25) is 0 Å². The minimum Gasteiger partial charge on any atom is -0.481 e. The van der Waals surface area contributed by atoms with Crippen LogP contribution in [0.1, 0.15) is 30.5 Å². The van der Waals surface area contributed by atoms with Crippen molar-refractivity contribution in [2.75, 3.05) is 6.61 Å². The fourth-order valence-electron chi connectivity index (χ4n) is 4.61. The van der Waals surface area contributed by atoms with Crippen molar-refractivity contribution in [1.82, 2.24) is 0 Å². The Morgan fingerprint density at radius 1 is 0.923 bits per heavy atom. The summed E-state index contributed by atoms with van der Waals surface area (Å²) in [5.74, 6) is 5.70. The molecule has 0 aliphatic heterocycles. The lowest BCUT2D eigenvalue weighted by Gasteiger charge is -2.19. The van der Waals surface area contributed by atoms with Crippen molar-refractivity contribution in [2.24, 2.45) is 0 Å². The maximum Gasteiger partial charge on any atom is 0.345 e. The van der Waals surface area contributed by atoms with Gasteiger partial charge in [-0.1, -0.05) is 39.9 Å². The zero-order valence-electron chi connectivity index (χ0n) is 22.1. The van der Waals surface area contributed by atoms with Gasteiger partial charge in [0.2, 0.25) is 0 Å². The highest BCUT2D eigenvalue weighted by atomic mass is 79.9. The molecule has 0 aliphatic rings. The molecule has 1 unspecified atom stereocenters. The second-order valence-corrected chi connectivity index (χ2v) is 12.7. The number of benzene rings is 4. The number of halogens is 2. The third-order valence-electron chi connectivity index (χ3n) is 6.28. The standard InChI is InChI=1S/C33H27BrFO3S/c1-21-17-26(39-29-8-6-5-7-27(29)28-19-24(34)11-14-30(28)39)18-22(2)32(21)37-20-31(36)38-33(3,4)16-15-23-9-12-25(35)13-10-23/h5-14,17-19H,20H2,1-4H3/q+1. The van der Waals surface area contributed by atoms with Crippen LogP contribution in [0.15, 0.2) is 83.3 Å². The van der Waals surface area contributed by atoms with E-state index in [1.54, 1.807) is 26.0 Å². The number of thiophene rings is 1. The van der Waals surface area contributed by atoms with Crippen LogP contribution in [0.5, 0.6) is 5.75 Å². The van der Waals surface area contributed by atoms with E-state index < -0.39 is 11.6 Å². The van der Waals surface area contributed by atoms with E-state index in [4.69, 9.17) is 9.47 Å². The van der Waals surface area contributed by atoms with Crippen molar-refractivity contribution >= 4 is 52.5 Å². The first-order valence-electron chi connectivity index (χ1n) is 12.5. The third-order valence-corrected chi connectivity index (χ3v) is 9.08. The zero-order chi connectivity index (χ0) is 27.7. The van der Waals surface area contributed by atoms with E-state index in [1.807, 2.05) is 13.8 Å². The fraction of sp³-hybridized carbons (Fsp3) is 0.182. The predicted molar refractivity (Wildman–Crippen MR) is 161 cm³/mol. The van der Waals surface area contributed by atoms with Gasteiger partial charge in [-0.05, 0) is 87.4 Å². The lowest BCUT2D eigenvalue weighted by Crippen LogP contribution is -2.29. The smallest absolute Gasteiger partial charge is 0.345 e. The normalized spacial score (nSPS) is 11.8. The Morgan fingerprint density at radius 2 is 1.59 bits per heavy atom. The van der Waals surface area contributed by atoms with Crippen molar-refractivity contribution < 1.29 is 18.7 Å². The average molecular weight is 603 g/mol. The first-order valence-corrected chi connectivity index (χ1v) is 14.5. The summed E-state index contributed by atoms with van der Waals surface area (Å²) in [6.07, 6.45) is 0.